The molecule has 120 valence electrons. The first kappa shape index (κ1) is 18.3. The van der Waals surface area contributed by atoms with Gasteiger partial charge in [-0.2, -0.15) is 0 Å². The van der Waals surface area contributed by atoms with E-state index in [2.05, 4.69) is 32.9 Å². The van der Waals surface area contributed by atoms with Gasteiger partial charge in [-0.3, -0.25) is 0 Å². The second-order valence-corrected chi connectivity index (χ2v) is 10.2. The van der Waals surface area contributed by atoms with Crippen molar-refractivity contribution in [2.24, 2.45) is 0 Å². The molecule has 0 saturated carbocycles. The zero-order valence-corrected chi connectivity index (χ0v) is 15.3. The highest BCUT2D eigenvalue weighted by Gasteiger charge is 2.34. The predicted molar refractivity (Wildman–Crippen MR) is 95.6 cm³/mol. The Kier molecular flexibility index (Phi) is 8.11. The second-order valence-electron chi connectivity index (χ2n) is 5.89. The van der Waals surface area contributed by atoms with Gasteiger partial charge in [0.05, 0.1) is 38.9 Å². The van der Waals surface area contributed by atoms with Gasteiger partial charge in [0.1, 0.15) is 11.5 Å². The molecule has 0 aliphatic carbocycles. The molecule has 0 aliphatic heterocycles. The van der Waals surface area contributed by atoms with Gasteiger partial charge in [0.2, 0.25) is 0 Å². The summed E-state index contributed by atoms with van der Waals surface area (Å²) in [5.74, 6) is 1.82. The third-order valence-corrected chi connectivity index (χ3v) is 9.25. The zero-order valence-electron chi connectivity index (χ0n) is 14.4. The topological polar surface area (TPSA) is 18.5 Å². The number of ether oxygens (including phenoxy) is 2. The summed E-state index contributed by atoms with van der Waals surface area (Å²) >= 11 is 0. The van der Waals surface area contributed by atoms with E-state index in [0.717, 1.165) is 11.5 Å². The molecule has 0 N–H and O–H groups in total. The van der Waals surface area contributed by atoms with Crippen LogP contribution >= 0.6 is 7.26 Å². The Bertz CT molecular complexity index is 378. The van der Waals surface area contributed by atoms with E-state index in [9.17, 15) is 0 Å². The van der Waals surface area contributed by atoms with Crippen LogP contribution in [0.2, 0.25) is 0 Å². The predicted octanol–water partition coefficient (Wildman–Crippen LogP) is 5.45. The van der Waals surface area contributed by atoms with Crippen LogP contribution < -0.4 is 9.47 Å². The van der Waals surface area contributed by atoms with Crippen LogP contribution in [0, 0.1) is 0 Å². The Morgan fingerprint density at radius 2 is 1.19 bits per heavy atom. The zero-order chi connectivity index (χ0) is 15.7. The summed E-state index contributed by atoms with van der Waals surface area (Å²) < 4.78 is 10.8. The average Bonchev–Trinajstić information content (AvgIpc) is 2.47. The van der Waals surface area contributed by atoms with E-state index in [1.165, 1.54) is 49.5 Å². The molecule has 0 heterocycles. The van der Waals surface area contributed by atoms with E-state index in [1.807, 2.05) is 6.07 Å². The first-order chi connectivity index (χ1) is 10.1. The van der Waals surface area contributed by atoms with E-state index in [0.29, 0.717) is 0 Å². The van der Waals surface area contributed by atoms with Crippen molar-refractivity contribution in [3.63, 3.8) is 0 Å². The Labute approximate surface area is 131 Å². The van der Waals surface area contributed by atoms with Gasteiger partial charge < -0.3 is 9.47 Å². The lowest BCUT2D eigenvalue weighted by molar-refractivity contribution is 0.393. The standard InChI is InChI=1S/C18H32O2P/c1-6-9-21(10-7-2,11-8-3)15-16-12-17(19-4)14-18(13-16)20-5/h12-14H,6-11,15H2,1-5H3/q+1. The molecule has 0 saturated heterocycles. The number of hydrogen-bond donors (Lipinski definition) is 0. The van der Waals surface area contributed by atoms with Crippen LogP contribution in [-0.2, 0) is 6.16 Å². The third-order valence-electron chi connectivity index (χ3n) is 4.02. The molecule has 2 nitrogen and oxygen atoms in total. The molecule has 1 rings (SSSR count). The van der Waals surface area contributed by atoms with Gasteiger partial charge >= 0.3 is 0 Å². The summed E-state index contributed by atoms with van der Waals surface area (Å²) in [6.07, 6.45) is 9.37. The summed E-state index contributed by atoms with van der Waals surface area (Å²) in [6, 6.07) is 6.35. The van der Waals surface area contributed by atoms with Crippen LogP contribution in [0.15, 0.2) is 18.2 Å². The van der Waals surface area contributed by atoms with Crippen LogP contribution in [0.25, 0.3) is 0 Å². The molecule has 1 aromatic rings. The van der Waals surface area contributed by atoms with Crippen LogP contribution in [0.5, 0.6) is 11.5 Å². The SMILES string of the molecule is CCC[P+](CCC)(CCC)Cc1cc(OC)cc(OC)c1. The van der Waals surface area contributed by atoms with Gasteiger partial charge in [0.25, 0.3) is 0 Å². The van der Waals surface area contributed by atoms with Crippen molar-refractivity contribution in [3.05, 3.63) is 23.8 Å². The summed E-state index contributed by atoms with van der Waals surface area (Å²) in [4.78, 5) is 0. The smallest absolute Gasteiger partial charge is 0.122 e. The highest BCUT2D eigenvalue weighted by Crippen LogP contribution is 2.62. The fraction of sp³-hybridized carbons (Fsp3) is 0.667. The average molecular weight is 311 g/mol. The van der Waals surface area contributed by atoms with Crippen molar-refractivity contribution < 1.29 is 9.47 Å². The van der Waals surface area contributed by atoms with Crippen molar-refractivity contribution in [1.82, 2.24) is 0 Å². The number of rotatable bonds is 10. The molecule has 0 unspecified atom stereocenters. The second kappa shape index (κ2) is 9.30. The number of benzene rings is 1. The lowest BCUT2D eigenvalue weighted by Gasteiger charge is -2.27. The Morgan fingerprint density at radius 3 is 1.52 bits per heavy atom. The minimum absolute atomic E-state index is 0.890. The van der Waals surface area contributed by atoms with Crippen molar-refractivity contribution >= 4 is 7.26 Å². The normalized spacial score (nSPS) is 11.5. The fourth-order valence-electron chi connectivity index (χ4n) is 3.34. The van der Waals surface area contributed by atoms with Gasteiger partial charge in [-0.05, 0) is 37.0 Å². The molecule has 21 heavy (non-hydrogen) atoms. The molecule has 3 heteroatoms. The van der Waals surface area contributed by atoms with Crippen LogP contribution in [0.3, 0.4) is 0 Å². The van der Waals surface area contributed by atoms with E-state index in [1.54, 1.807) is 14.2 Å². The fourth-order valence-corrected chi connectivity index (χ4v) is 8.29. The lowest BCUT2D eigenvalue weighted by Crippen LogP contribution is -2.10. The largest absolute Gasteiger partial charge is 0.497 e. The van der Waals surface area contributed by atoms with Crippen molar-refractivity contribution in [2.45, 2.75) is 46.2 Å². The quantitative estimate of drug-likeness (QED) is 0.535. The summed E-state index contributed by atoms with van der Waals surface area (Å²) in [5.41, 5.74) is 1.38. The highest BCUT2D eigenvalue weighted by atomic mass is 31.2. The molecule has 0 fully saturated rings. The molecule has 0 atom stereocenters. The third kappa shape index (κ3) is 5.51. The monoisotopic (exact) mass is 311 g/mol. The molecule has 0 amide bonds. The number of methoxy groups -OCH3 is 2. The van der Waals surface area contributed by atoms with Gasteiger partial charge in [-0.15, -0.1) is 0 Å². The van der Waals surface area contributed by atoms with E-state index < -0.39 is 7.26 Å². The molecule has 1 aromatic carbocycles. The minimum atomic E-state index is -0.890. The molecule has 0 radical (unpaired) electrons. The molecular formula is C18H32O2P+. The van der Waals surface area contributed by atoms with E-state index in [4.69, 9.17) is 9.47 Å². The van der Waals surface area contributed by atoms with Crippen molar-refractivity contribution in [3.8, 4) is 11.5 Å². The molecule has 0 aromatic heterocycles. The van der Waals surface area contributed by atoms with E-state index in [-0.39, 0.29) is 0 Å². The van der Waals surface area contributed by atoms with Crippen molar-refractivity contribution in [1.29, 1.82) is 0 Å². The Balaban J connectivity index is 3.05. The first-order valence-electron chi connectivity index (χ1n) is 8.20. The molecule has 0 bridgehead atoms. The van der Waals surface area contributed by atoms with Gasteiger partial charge in [-0.1, -0.05) is 20.8 Å². The van der Waals surface area contributed by atoms with Gasteiger partial charge in [-0.25, -0.2) is 0 Å². The Hall–Kier alpha value is -0.750. The molecular weight excluding hydrogens is 279 g/mol. The molecule has 0 spiro atoms. The van der Waals surface area contributed by atoms with Crippen molar-refractivity contribution in [2.75, 3.05) is 32.7 Å². The first-order valence-corrected chi connectivity index (χ1v) is 10.7. The summed E-state index contributed by atoms with van der Waals surface area (Å²) in [5, 5.41) is 0. The summed E-state index contributed by atoms with van der Waals surface area (Å²) in [7, 11) is 2.56. The maximum Gasteiger partial charge on any atom is 0.122 e. The van der Waals surface area contributed by atoms with Crippen LogP contribution in [-0.4, -0.2) is 32.7 Å². The maximum absolute atomic E-state index is 5.42. The van der Waals surface area contributed by atoms with Crippen LogP contribution in [0.4, 0.5) is 0 Å². The lowest BCUT2D eigenvalue weighted by atomic mass is 10.2. The Morgan fingerprint density at radius 1 is 0.762 bits per heavy atom. The molecule has 0 aliphatic rings. The van der Waals surface area contributed by atoms with E-state index >= 15 is 0 Å². The van der Waals surface area contributed by atoms with Gasteiger partial charge in [0, 0.05) is 13.3 Å². The summed E-state index contributed by atoms with van der Waals surface area (Å²) in [6.45, 7) is 6.98. The highest BCUT2D eigenvalue weighted by molar-refractivity contribution is 7.75. The van der Waals surface area contributed by atoms with Gasteiger partial charge in [0.15, 0.2) is 0 Å². The van der Waals surface area contributed by atoms with Crippen LogP contribution in [0.1, 0.15) is 45.6 Å². The minimum Gasteiger partial charge on any atom is -0.497 e. The maximum atomic E-state index is 5.42. The number of hydrogen-bond acceptors (Lipinski definition) is 2.